The number of carboxylic acid groups (broad SMARTS) is 2. The summed E-state index contributed by atoms with van der Waals surface area (Å²) in [7, 11) is 0. The molecule has 0 radical (unpaired) electrons. The Morgan fingerprint density at radius 1 is 1.00 bits per heavy atom. The standard InChI is InChI=1S/C24H33N5O8S/c1-12(30)20(24(36)37)29-23(35)18(10-19(31)32)28-22(34)17(27-21(33)15(25)7-8-38-2)9-13-11-26-16-6-4-3-5-14(13)16/h3-6,11-12,15,17-18,20,26,30H,7-10,25H2,1-2H3,(H,27,33)(H,28,34)(H,29,35)(H,31,32)(H,36,37). The van der Waals surface area contributed by atoms with Crippen LogP contribution < -0.4 is 21.7 Å². The van der Waals surface area contributed by atoms with E-state index in [9.17, 15) is 39.3 Å². The number of thioether (sulfide) groups is 1. The average molecular weight is 552 g/mol. The second-order valence-corrected chi connectivity index (χ2v) is 9.72. The summed E-state index contributed by atoms with van der Waals surface area (Å²) in [6.45, 7) is 1.14. The Morgan fingerprint density at radius 3 is 2.24 bits per heavy atom. The average Bonchev–Trinajstić information content (AvgIpc) is 3.26. The number of nitrogens with one attached hydrogen (secondary N) is 4. The molecular weight excluding hydrogens is 518 g/mol. The van der Waals surface area contributed by atoms with Crippen LogP contribution in [0.25, 0.3) is 10.9 Å². The Morgan fingerprint density at radius 2 is 1.63 bits per heavy atom. The van der Waals surface area contributed by atoms with Gasteiger partial charge in [0.2, 0.25) is 17.7 Å². The maximum absolute atomic E-state index is 13.3. The van der Waals surface area contributed by atoms with Gasteiger partial charge in [0.05, 0.1) is 18.6 Å². The van der Waals surface area contributed by atoms with Crippen LogP contribution in [-0.4, -0.2) is 92.2 Å². The van der Waals surface area contributed by atoms with E-state index in [1.807, 2.05) is 29.8 Å². The molecule has 5 unspecified atom stereocenters. The zero-order valence-corrected chi connectivity index (χ0v) is 21.8. The number of fused-ring (bicyclic) bond motifs is 1. The van der Waals surface area contributed by atoms with E-state index >= 15 is 0 Å². The number of carbonyl (C=O) groups excluding carboxylic acids is 3. The van der Waals surface area contributed by atoms with Crippen LogP contribution in [0.1, 0.15) is 25.3 Å². The van der Waals surface area contributed by atoms with Crippen molar-refractivity contribution < 1.29 is 39.3 Å². The van der Waals surface area contributed by atoms with E-state index in [1.54, 1.807) is 12.3 Å². The van der Waals surface area contributed by atoms with E-state index in [0.717, 1.165) is 17.8 Å². The predicted octanol–water partition coefficient (Wildman–Crippen LogP) is -0.815. The summed E-state index contributed by atoms with van der Waals surface area (Å²) in [5.41, 5.74) is 7.43. The largest absolute Gasteiger partial charge is 0.481 e. The molecule has 38 heavy (non-hydrogen) atoms. The minimum Gasteiger partial charge on any atom is -0.481 e. The first-order valence-corrected chi connectivity index (χ1v) is 13.2. The van der Waals surface area contributed by atoms with Gasteiger partial charge in [0.15, 0.2) is 6.04 Å². The highest BCUT2D eigenvalue weighted by molar-refractivity contribution is 7.98. The number of H-pyrrole nitrogens is 1. The number of para-hydroxylation sites is 1. The number of aliphatic carboxylic acids is 2. The molecule has 0 fully saturated rings. The normalized spacial score (nSPS) is 15.1. The first-order chi connectivity index (χ1) is 17.9. The van der Waals surface area contributed by atoms with Crippen molar-refractivity contribution in [3.05, 3.63) is 36.0 Å². The van der Waals surface area contributed by atoms with Crippen LogP contribution in [0.15, 0.2) is 30.5 Å². The number of rotatable bonds is 15. The molecule has 5 atom stereocenters. The lowest BCUT2D eigenvalue weighted by Crippen LogP contribution is -2.59. The van der Waals surface area contributed by atoms with Crippen molar-refractivity contribution >= 4 is 52.3 Å². The second kappa shape index (κ2) is 14.4. The Labute approximate surface area is 222 Å². The lowest BCUT2D eigenvalue weighted by molar-refractivity contribution is -0.146. The number of aromatic amines is 1. The summed E-state index contributed by atoms with van der Waals surface area (Å²) in [5.74, 6) is -4.96. The SMILES string of the molecule is CSCCC(N)C(=O)NC(Cc1c[nH]c2ccccc12)C(=O)NC(CC(=O)O)C(=O)NC(C(=O)O)C(C)O. The fourth-order valence-corrected chi connectivity index (χ4v) is 4.17. The number of hydrogen-bond acceptors (Lipinski definition) is 8. The fraction of sp³-hybridized carbons (Fsp3) is 0.458. The van der Waals surface area contributed by atoms with E-state index in [2.05, 4.69) is 15.6 Å². The van der Waals surface area contributed by atoms with Crippen LogP contribution in [0.3, 0.4) is 0 Å². The molecule has 0 aliphatic heterocycles. The number of carboxylic acids is 2. The highest BCUT2D eigenvalue weighted by Gasteiger charge is 2.33. The molecule has 0 aliphatic rings. The minimum absolute atomic E-state index is 0.0102. The Hall–Kier alpha value is -3.62. The van der Waals surface area contributed by atoms with E-state index in [-0.39, 0.29) is 6.42 Å². The molecule has 2 aromatic rings. The number of benzene rings is 1. The highest BCUT2D eigenvalue weighted by atomic mass is 32.2. The van der Waals surface area contributed by atoms with Gasteiger partial charge in [-0.15, -0.1) is 0 Å². The van der Waals surface area contributed by atoms with Gasteiger partial charge in [-0.05, 0) is 37.0 Å². The number of nitrogens with two attached hydrogens (primary N) is 1. The summed E-state index contributed by atoms with van der Waals surface area (Å²) in [6, 6.07) is 1.73. The van der Waals surface area contributed by atoms with Crippen LogP contribution in [0.5, 0.6) is 0 Å². The van der Waals surface area contributed by atoms with Crippen molar-refractivity contribution in [3.63, 3.8) is 0 Å². The van der Waals surface area contributed by atoms with E-state index in [1.165, 1.54) is 11.8 Å². The van der Waals surface area contributed by atoms with Crippen LogP contribution >= 0.6 is 11.8 Å². The number of carbonyl (C=O) groups is 5. The molecule has 2 rings (SSSR count). The number of aromatic nitrogens is 1. The fourth-order valence-electron chi connectivity index (χ4n) is 3.68. The quantitative estimate of drug-likeness (QED) is 0.137. The Bertz CT molecular complexity index is 1150. The van der Waals surface area contributed by atoms with Gasteiger partial charge < -0.3 is 42.0 Å². The third-order valence-corrected chi connectivity index (χ3v) is 6.40. The summed E-state index contributed by atoms with van der Waals surface area (Å²) in [4.78, 5) is 64.6. The summed E-state index contributed by atoms with van der Waals surface area (Å²) >= 11 is 1.50. The lowest BCUT2D eigenvalue weighted by atomic mass is 10.0. The molecular formula is C24H33N5O8S. The molecule has 9 N–H and O–H groups in total. The molecule has 1 aromatic carbocycles. The van der Waals surface area contributed by atoms with Crippen molar-refractivity contribution in [1.82, 2.24) is 20.9 Å². The van der Waals surface area contributed by atoms with Gasteiger partial charge in [0, 0.05) is 23.5 Å². The first kappa shape index (κ1) is 30.6. The van der Waals surface area contributed by atoms with E-state index < -0.39 is 66.4 Å². The molecule has 1 aromatic heterocycles. The van der Waals surface area contributed by atoms with Crippen molar-refractivity contribution in [1.29, 1.82) is 0 Å². The van der Waals surface area contributed by atoms with Crippen molar-refractivity contribution in [2.24, 2.45) is 5.73 Å². The summed E-state index contributed by atoms with van der Waals surface area (Å²) < 4.78 is 0. The molecule has 0 bridgehead atoms. The molecule has 0 spiro atoms. The number of aliphatic hydroxyl groups excluding tert-OH is 1. The molecule has 1 heterocycles. The van der Waals surface area contributed by atoms with Gasteiger partial charge in [-0.1, -0.05) is 18.2 Å². The maximum atomic E-state index is 13.3. The molecule has 3 amide bonds. The lowest BCUT2D eigenvalue weighted by Gasteiger charge is -2.25. The molecule has 208 valence electrons. The topological polar surface area (TPSA) is 224 Å². The summed E-state index contributed by atoms with van der Waals surface area (Å²) in [6.07, 6.45) is 1.52. The monoisotopic (exact) mass is 551 g/mol. The first-order valence-electron chi connectivity index (χ1n) is 11.8. The van der Waals surface area contributed by atoms with Gasteiger partial charge >= 0.3 is 11.9 Å². The smallest absolute Gasteiger partial charge is 0.328 e. The number of aliphatic hydroxyl groups is 1. The predicted molar refractivity (Wildman–Crippen MR) is 140 cm³/mol. The van der Waals surface area contributed by atoms with Crippen molar-refractivity contribution in [2.45, 2.75) is 56.5 Å². The molecule has 14 heteroatoms. The third-order valence-electron chi connectivity index (χ3n) is 5.76. The zero-order valence-electron chi connectivity index (χ0n) is 21.0. The van der Waals surface area contributed by atoms with Crippen LogP contribution in [0.4, 0.5) is 0 Å². The summed E-state index contributed by atoms with van der Waals surface area (Å²) in [5, 5.41) is 35.9. The Balaban J connectivity index is 2.30. The van der Waals surface area contributed by atoms with Crippen molar-refractivity contribution in [3.8, 4) is 0 Å². The van der Waals surface area contributed by atoms with Crippen LogP contribution in [0, 0.1) is 0 Å². The van der Waals surface area contributed by atoms with Crippen molar-refractivity contribution in [2.75, 3.05) is 12.0 Å². The molecule has 0 saturated carbocycles. The Kier molecular flexibility index (Phi) is 11.6. The number of hydrogen-bond donors (Lipinski definition) is 8. The van der Waals surface area contributed by atoms with E-state index in [4.69, 9.17) is 5.73 Å². The zero-order chi connectivity index (χ0) is 28.4. The van der Waals surface area contributed by atoms with Gasteiger partial charge in [0.25, 0.3) is 0 Å². The third kappa shape index (κ3) is 8.75. The second-order valence-electron chi connectivity index (χ2n) is 8.74. The van der Waals surface area contributed by atoms with Crippen LogP contribution in [0.2, 0.25) is 0 Å². The van der Waals surface area contributed by atoms with Gasteiger partial charge in [-0.2, -0.15) is 11.8 Å². The van der Waals surface area contributed by atoms with Gasteiger partial charge in [0.1, 0.15) is 12.1 Å². The molecule has 0 aliphatic carbocycles. The van der Waals surface area contributed by atoms with Gasteiger partial charge in [-0.3, -0.25) is 19.2 Å². The molecule has 13 nitrogen and oxygen atoms in total. The molecule has 0 saturated heterocycles. The van der Waals surface area contributed by atoms with Gasteiger partial charge in [-0.25, -0.2) is 4.79 Å². The maximum Gasteiger partial charge on any atom is 0.328 e. The minimum atomic E-state index is -1.73. The van der Waals surface area contributed by atoms with Crippen LogP contribution in [-0.2, 0) is 30.4 Å². The van der Waals surface area contributed by atoms with E-state index in [0.29, 0.717) is 17.7 Å². The number of amides is 3. The highest BCUT2D eigenvalue weighted by Crippen LogP contribution is 2.19.